The lowest BCUT2D eigenvalue weighted by Crippen LogP contribution is -2.38. The van der Waals surface area contributed by atoms with Gasteiger partial charge in [-0.3, -0.25) is 9.59 Å². The molecule has 156 valence electrons. The molecule has 0 saturated heterocycles. The van der Waals surface area contributed by atoms with Crippen LogP contribution in [-0.4, -0.2) is 55.7 Å². The molecule has 8 heteroatoms. The first-order chi connectivity index (χ1) is 14.0. The largest absolute Gasteiger partial charge is 0.504 e. The number of hydrogen-bond acceptors (Lipinski definition) is 6. The van der Waals surface area contributed by atoms with Crippen molar-refractivity contribution in [1.29, 1.82) is 0 Å². The van der Waals surface area contributed by atoms with Gasteiger partial charge in [-0.2, -0.15) is 0 Å². The van der Waals surface area contributed by atoms with E-state index in [1.54, 1.807) is 29.2 Å². The van der Waals surface area contributed by atoms with Gasteiger partial charge in [0.15, 0.2) is 11.5 Å². The van der Waals surface area contributed by atoms with E-state index < -0.39 is 0 Å². The highest BCUT2D eigenvalue weighted by atomic mass is 16.5. The van der Waals surface area contributed by atoms with Gasteiger partial charge in [-0.25, -0.2) is 0 Å². The second-order valence-corrected chi connectivity index (χ2v) is 6.44. The van der Waals surface area contributed by atoms with Crippen LogP contribution in [-0.2, 0) is 4.79 Å². The third-order valence-corrected chi connectivity index (χ3v) is 4.41. The maximum atomic E-state index is 13.0. The minimum Gasteiger partial charge on any atom is -0.504 e. The van der Waals surface area contributed by atoms with Gasteiger partial charge in [0.25, 0.3) is 5.91 Å². The smallest absolute Gasteiger partial charge is 0.257 e. The van der Waals surface area contributed by atoms with Crippen LogP contribution in [0.15, 0.2) is 36.4 Å². The summed E-state index contributed by atoms with van der Waals surface area (Å²) in [5, 5.41) is 12.5. The minimum absolute atomic E-state index is 0.105. The molecule has 4 N–H and O–H groups in total. The summed E-state index contributed by atoms with van der Waals surface area (Å²) < 4.78 is 10.9. The SMILES string of the molecule is COc1c(O)cccc1C(=O)N(CCCOc1ccc(N)c(C)c1)CCNC=O. The van der Waals surface area contributed by atoms with Crippen LogP contribution in [0.1, 0.15) is 22.3 Å². The fourth-order valence-electron chi connectivity index (χ4n) is 2.83. The number of aromatic hydroxyl groups is 1. The van der Waals surface area contributed by atoms with Gasteiger partial charge in [0.1, 0.15) is 5.75 Å². The summed E-state index contributed by atoms with van der Waals surface area (Å²) in [4.78, 5) is 25.1. The molecule has 0 aliphatic carbocycles. The van der Waals surface area contributed by atoms with E-state index in [2.05, 4.69) is 5.32 Å². The molecule has 0 aromatic heterocycles. The van der Waals surface area contributed by atoms with Crippen molar-refractivity contribution in [2.24, 2.45) is 0 Å². The Morgan fingerprint density at radius 1 is 1.28 bits per heavy atom. The van der Waals surface area contributed by atoms with E-state index in [4.69, 9.17) is 15.2 Å². The topological polar surface area (TPSA) is 114 Å². The molecule has 0 aliphatic heterocycles. The molecular formula is C21H27N3O5. The van der Waals surface area contributed by atoms with Crippen LogP contribution in [0.4, 0.5) is 5.69 Å². The normalized spacial score (nSPS) is 10.3. The van der Waals surface area contributed by atoms with Gasteiger partial charge in [-0.05, 0) is 49.2 Å². The van der Waals surface area contributed by atoms with E-state index in [9.17, 15) is 14.7 Å². The van der Waals surface area contributed by atoms with Crippen molar-refractivity contribution >= 4 is 18.0 Å². The molecular weight excluding hydrogens is 374 g/mol. The van der Waals surface area contributed by atoms with Crippen molar-refractivity contribution in [3.63, 3.8) is 0 Å². The number of carbonyl (C=O) groups excluding carboxylic acids is 2. The average Bonchev–Trinajstić information content (AvgIpc) is 2.71. The zero-order valence-corrected chi connectivity index (χ0v) is 16.7. The molecule has 2 aromatic carbocycles. The van der Waals surface area contributed by atoms with E-state index >= 15 is 0 Å². The lowest BCUT2D eigenvalue weighted by Gasteiger charge is -2.24. The number of nitrogens with two attached hydrogens (primary N) is 1. The van der Waals surface area contributed by atoms with E-state index in [1.165, 1.54) is 13.2 Å². The van der Waals surface area contributed by atoms with Crippen LogP contribution < -0.4 is 20.5 Å². The van der Waals surface area contributed by atoms with Crippen molar-refractivity contribution in [3.8, 4) is 17.2 Å². The van der Waals surface area contributed by atoms with Crippen molar-refractivity contribution in [2.45, 2.75) is 13.3 Å². The molecule has 0 atom stereocenters. The zero-order chi connectivity index (χ0) is 21.2. The molecule has 2 aromatic rings. The number of aryl methyl sites for hydroxylation is 1. The molecule has 0 unspecified atom stereocenters. The Kier molecular flexibility index (Phi) is 8.14. The molecule has 0 spiro atoms. The Balaban J connectivity index is 2.01. The maximum absolute atomic E-state index is 13.0. The Bertz CT molecular complexity index is 841. The molecule has 0 bridgehead atoms. The third kappa shape index (κ3) is 6.03. The number of anilines is 1. The first-order valence-electron chi connectivity index (χ1n) is 9.29. The molecule has 29 heavy (non-hydrogen) atoms. The molecule has 0 saturated carbocycles. The van der Waals surface area contributed by atoms with E-state index in [1.807, 2.05) is 13.0 Å². The van der Waals surface area contributed by atoms with E-state index in [0.717, 1.165) is 5.56 Å². The van der Waals surface area contributed by atoms with Crippen molar-refractivity contribution in [3.05, 3.63) is 47.5 Å². The van der Waals surface area contributed by atoms with Crippen LogP contribution in [0.3, 0.4) is 0 Å². The van der Waals surface area contributed by atoms with Gasteiger partial charge < -0.3 is 30.5 Å². The average molecular weight is 401 g/mol. The number of phenols is 1. The number of nitrogen functional groups attached to an aromatic ring is 1. The van der Waals surface area contributed by atoms with Gasteiger partial charge in [-0.15, -0.1) is 0 Å². The van der Waals surface area contributed by atoms with Gasteiger partial charge in [-0.1, -0.05) is 6.07 Å². The second kappa shape index (κ2) is 10.8. The summed E-state index contributed by atoms with van der Waals surface area (Å²) >= 11 is 0. The van der Waals surface area contributed by atoms with Gasteiger partial charge >= 0.3 is 0 Å². The lowest BCUT2D eigenvalue weighted by molar-refractivity contribution is -0.109. The summed E-state index contributed by atoms with van der Waals surface area (Å²) in [5.41, 5.74) is 7.71. The minimum atomic E-state index is -0.297. The molecule has 0 aliphatic rings. The molecule has 2 amide bonds. The summed E-state index contributed by atoms with van der Waals surface area (Å²) in [6, 6.07) is 10.1. The van der Waals surface area contributed by atoms with Crippen molar-refractivity contribution in [2.75, 3.05) is 39.1 Å². The standard InChI is InChI=1S/C21H27N3O5/c1-15-13-16(7-8-18(15)22)29-12-4-10-24(11-9-23-14-25)21(27)17-5-3-6-19(26)20(17)28-2/h3,5-8,13-14,26H,4,9-12,22H2,1-2H3,(H,23,25). The molecule has 0 radical (unpaired) electrons. The summed E-state index contributed by atoms with van der Waals surface area (Å²) in [6.45, 7) is 3.36. The van der Waals surface area contributed by atoms with Crippen LogP contribution in [0.2, 0.25) is 0 Å². The number of benzene rings is 2. The highest BCUT2D eigenvalue weighted by Crippen LogP contribution is 2.30. The Labute approximate surface area is 170 Å². The van der Waals surface area contributed by atoms with Crippen molar-refractivity contribution in [1.82, 2.24) is 10.2 Å². The maximum Gasteiger partial charge on any atom is 0.257 e. The quantitative estimate of drug-likeness (QED) is 0.301. The van der Waals surface area contributed by atoms with E-state index in [-0.39, 0.29) is 23.0 Å². The fourth-order valence-corrected chi connectivity index (χ4v) is 2.83. The van der Waals surface area contributed by atoms with E-state index in [0.29, 0.717) is 50.5 Å². The van der Waals surface area contributed by atoms with Crippen LogP contribution in [0, 0.1) is 6.92 Å². The van der Waals surface area contributed by atoms with Gasteiger partial charge in [0.05, 0.1) is 19.3 Å². The number of rotatable bonds is 11. The third-order valence-electron chi connectivity index (χ3n) is 4.41. The number of nitrogens with one attached hydrogen (secondary N) is 1. The number of hydrogen-bond donors (Lipinski definition) is 3. The first kappa shape index (κ1) is 21.9. The lowest BCUT2D eigenvalue weighted by atomic mass is 10.1. The molecule has 0 fully saturated rings. The number of carbonyl (C=O) groups is 2. The van der Waals surface area contributed by atoms with Gasteiger partial charge in [0.2, 0.25) is 6.41 Å². The number of ether oxygens (including phenoxy) is 2. The Morgan fingerprint density at radius 3 is 2.76 bits per heavy atom. The fraction of sp³-hybridized carbons (Fsp3) is 0.333. The highest BCUT2D eigenvalue weighted by molar-refractivity contribution is 5.97. The Hall–Kier alpha value is -3.42. The second-order valence-electron chi connectivity index (χ2n) is 6.44. The van der Waals surface area contributed by atoms with Crippen LogP contribution in [0.5, 0.6) is 17.2 Å². The number of nitrogens with zero attached hydrogens (tertiary/aromatic N) is 1. The first-order valence-corrected chi connectivity index (χ1v) is 9.29. The predicted octanol–water partition coefficient (Wildman–Crippen LogP) is 1.95. The number of methoxy groups -OCH3 is 1. The molecule has 0 heterocycles. The molecule has 8 nitrogen and oxygen atoms in total. The number of phenolic OH excluding ortho intramolecular Hbond substituents is 1. The highest BCUT2D eigenvalue weighted by Gasteiger charge is 2.21. The molecule has 2 rings (SSSR count). The Morgan fingerprint density at radius 2 is 2.07 bits per heavy atom. The predicted molar refractivity (Wildman–Crippen MR) is 110 cm³/mol. The summed E-state index contributed by atoms with van der Waals surface area (Å²) in [5.74, 6) is 0.437. The van der Waals surface area contributed by atoms with Crippen LogP contribution in [0.25, 0.3) is 0 Å². The number of amides is 2. The van der Waals surface area contributed by atoms with Crippen molar-refractivity contribution < 1.29 is 24.2 Å². The zero-order valence-electron chi connectivity index (χ0n) is 16.7. The van der Waals surface area contributed by atoms with Crippen LogP contribution >= 0.6 is 0 Å². The summed E-state index contributed by atoms with van der Waals surface area (Å²) in [7, 11) is 1.40. The summed E-state index contributed by atoms with van der Waals surface area (Å²) in [6.07, 6.45) is 1.17. The van der Waals surface area contributed by atoms with Gasteiger partial charge in [0, 0.05) is 25.3 Å². The number of para-hydroxylation sites is 1. The monoisotopic (exact) mass is 401 g/mol.